The number of aromatic carboxylic acids is 1. The monoisotopic (exact) mass is 267 g/mol. The van der Waals surface area contributed by atoms with Crippen molar-refractivity contribution in [1.29, 1.82) is 0 Å². The smallest absolute Gasteiger partial charge is 0.412 e. The van der Waals surface area contributed by atoms with E-state index in [9.17, 15) is 14.7 Å². The van der Waals surface area contributed by atoms with E-state index in [1.165, 1.54) is 13.2 Å². The van der Waals surface area contributed by atoms with Crippen LogP contribution in [0.1, 0.15) is 10.4 Å². The first-order valence-electron chi connectivity index (χ1n) is 5.18. The second kappa shape index (κ2) is 6.29. The number of hydrogen-bond acceptors (Lipinski definition) is 5. The molecule has 0 saturated heterocycles. The minimum atomic E-state index is -1.22. The summed E-state index contributed by atoms with van der Waals surface area (Å²) in [5.41, 5.74) is -0.264. The standard InChI is InChI=1S/C12H13NO6/c1-3-4-19-12(17)13-8-5-7(11(15)16)6-9(18-2)10(8)14/h3,5-6,14H,1,4H2,2H3,(H,13,17)(H,15,16). The maximum atomic E-state index is 11.3. The summed E-state index contributed by atoms with van der Waals surface area (Å²) in [6.45, 7) is 3.36. The molecule has 0 spiro atoms. The van der Waals surface area contributed by atoms with Crippen molar-refractivity contribution >= 4 is 17.7 Å². The van der Waals surface area contributed by atoms with Crippen molar-refractivity contribution in [3.8, 4) is 11.5 Å². The van der Waals surface area contributed by atoms with Crippen LogP contribution in [0.5, 0.6) is 11.5 Å². The number of nitrogens with one attached hydrogen (secondary N) is 1. The second-order valence-electron chi connectivity index (χ2n) is 3.39. The Hall–Kier alpha value is -2.70. The number of phenolic OH excluding ortho intramolecular Hbond substituents is 1. The predicted molar refractivity (Wildman–Crippen MR) is 66.8 cm³/mol. The predicted octanol–water partition coefficient (Wildman–Crippen LogP) is 1.83. The summed E-state index contributed by atoms with van der Waals surface area (Å²) in [6.07, 6.45) is 0.521. The highest BCUT2D eigenvalue weighted by Gasteiger charge is 2.16. The normalized spacial score (nSPS) is 9.53. The molecule has 0 aromatic heterocycles. The number of carbonyl (C=O) groups is 2. The highest BCUT2D eigenvalue weighted by molar-refractivity contribution is 5.94. The molecule has 0 heterocycles. The van der Waals surface area contributed by atoms with Crippen molar-refractivity contribution in [3.63, 3.8) is 0 Å². The van der Waals surface area contributed by atoms with Gasteiger partial charge in [0, 0.05) is 0 Å². The molecular weight excluding hydrogens is 254 g/mol. The van der Waals surface area contributed by atoms with Crippen LogP contribution < -0.4 is 10.1 Å². The maximum Gasteiger partial charge on any atom is 0.412 e. The maximum absolute atomic E-state index is 11.3. The van der Waals surface area contributed by atoms with Crippen LogP contribution in [-0.4, -0.2) is 36.0 Å². The van der Waals surface area contributed by atoms with Crippen LogP contribution in [0.25, 0.3) is 0 Å². The molecule has 7 heteroatoms. The lowest BCUT2D eigenvalue weighted by Gasteiger charge is -2.11. The highest BCUT2D eigenvalue weighted by Crippen LogP contribution is 2.35. The second-order valence-corrected chi connectivity index (χ2v) is 3.39. The molecule has 3 N–H and O–H groups in total. The molecule has 0 aliphatic rings. The Morgan fingerprint density at radius 3 is 2.68 bits per heavy atom. The number of carboxylic acids is 1. The lowest BCUT2D eigenvalue weighted by molar-refractivity contribution is 0.0696. The van der Waals surface area contributed by atoms with E-state index < -0.39 is 12.1 Å². The number of rotatable bonds is 5. The first-order valence-corrected chi connectivity index (χ1v) is 5.18. The third kappa shape index (κ3) is 3.63. The molecule has 7 nitrogen and oxygen atoms in total. The number of ether oxygens (including phenoxy) is 2. The third-order valence-electron chi connectivity index (χ3n) is 2.11. The van der Waals surface area contributed by atoms with Crippen LogP contribution in [0.15, 0.2) is 24.8 Å². The largest absolute Gasteiger partial charge is 0.503 e. The number of hydrogen-bond donors (Lipinski definition) is 3. The van der Waals surface area contributed by atoms with Crippen LogP contribution in [0.4, 0.5) is 10.5 Å². The van der Waals surface area contributed by atoms with Gasteiger partial charge in [0.25, 0.3) is 0 Å². The van der Waals surface area contributed by atoms with Crippen molar-refractivity contribution in [2.75, 3.05) is 19.0 Å². The fraction of sp³-hybridized carbons (Fsp3) is 0.167. The van der Waals surface area contributed by atoms with Gasteiger partial charge in [-0.25, -0.2) is 9.59 Å². The van der Waals surface area contributed by atoms with Crippen LogP contribution in [0.2, 0.25) is 0 Å². The van der Waals surface area contributed by atoms with Crippen LogP contribution >= 0.6 is 0 Å². The summed E-state index contributed by atoms with van der Waals surface area (Å²) in [5, 5.41) is 20.9. The van der Waals surface area contributed by atoms with E-state index in [4.69, 9.17) is 9.84 Å². The van der Waals surface area contributed by atoms with Gasteiger partial charge in [-0.1, -0.05) is 12.7 Å². The van der Waals surface area contributed by atoms with Gasteiger partial charge in [-0.3, -0.25) is 5.32 Å². The quantitative estimate of drug-likeness (QED) is 0.555. The lowest BCUT2D eigenvalue weighted by atomic mass is 10.1. The van der Waals surface area contributed by atoms with Gasteiger partial charge in [-0.05, 0) is 12.1 Å². The van der Waals surface area contributed by atoms with Gasteiger partial charge in [-0.2, -0.15) is 0 Å². The van der Waals surface area contributed by atoms with Crippen molar-refractivity contribution in [2.45, 2.75) is 0 Å². The Morgan fingerprint density at radius 1 is 1.47 bits per heavy atom. The molecule has 0 radical (unpaired) electrons. The molecule has 0 unspecified atom stereocenters. The molecule has 0 aliphatic heterocycles. The summed E-state index contributed by atoms with van der Waals surface area (Å²) in [6, 6.07) is 2.23. The number of anilines is 1. The Labute approximate surface area is 109 Å². The van der Waals surface area contributed by atoms with E-state index >= 15 is 0 Å². The Bertz CT molecular complexity index is 511. The summed E-state index contributed by atoms with van der Waals surface area (Å²) >= 11 is 0. The fourth-order valence-corrected chi connectivity index (χ4v) is 1.26. The molecule has 0 fully saturated rings. The van der Waals surface area contributed by atoms with Gasteiger partial charge in [0.2, 0.25) is 0 Å². The Morgan fingerprint density at radius 2 is 2.16 bits per heavy atom. The van der Waals surface area contributed by atoms with Gasteiger partial charge in [0.1, 0.15) is 6.61 Å². The van der Waals surface area contributed by atoms with Gasteiger partial charge >= 0.3 is 12.1 Å². The zero-order valence-corrected chi connectivity index (χ0v) is 10.2. The third-order valence-corrected chi connectivity index (χ3v) is 2.11. The average Bonchev–Trinajstić information content (AvgIpc) is 2.38. The van der Waals surface area contributed by atoms with E-state index in [0.717, 1.165) is 12.1 Å². The fourth-order valence-electron chi connectivity index (χ4n) is 1.26. The molecule has 1 amide bonds. The Kier molecular flexibility index (Phi) is 4.76. The highest BCUT2D eigenvalue weighted by atomic mass is 16.5. The van der Waals surface area contributed by atoms with Crippen LogP contribution in [0.3, 0.4) is 0 Å². The number of carbonyl (C=O) groups excluding carboxylic acids is 1. The number of amides is 1. The van der Waals surface area contributed by atoms with E-state index in [2.05, 4.69) is 16.6 Å². The zero-order chi connectivity index (χ0) is 14.4. The van der Waals surface area contributed by atoms with E-state index in [-0.39, 0.29) is 29.4 Å². The Balaban J connectivity index is 3.04. The van der Waals surface area contributed by atoms with Gasteiger partial charge in [-0.15, -0.1) is 0 Å². The van der Waals surface area contributed by atoms with Crippen molar-refractivity contribution in [2.24, 2.45) is 0 Å². The van der Waals surface area contributed by atoms with Crippen molar-refractivity contribution in [3.05, 3.63) is 30.4 Å². The lowest BCUT2D eigenvalue weighted by Crippen LogP contribution is -2.14. The molecule has 0 atom stereocenters. The molecule has 0 saturated carbocycles. The van der Waals surface area contributed by atoms with Crippen LogP contribution in [-0.2, 0) is 4.74 Å². The molecule has 1 aromatic carbocycles. The van der Waals surface area contributed by atoms with Gasteiger partial charge in [0.05, 0.1) is 18.4 Å². The minimum absolute atomic E-state index is 0.0116. The number of methoxy groups -OCH3 is 1. The first-order chi connectivity index (χ1) is 8.99. The molecule has 1 aromatic rings. The summed E-state index contributed by atoms with van der Waals surface area (Å²) in [7, 11) is 1.26. The van der Waals surface area contributed by atoms with Gasteiger partial charge in [0.15, 0.2) is 11.5 Å². The molecular formula is C12H13NO6. The van der Waals surface area contributed by atoms with Crippen molar-refractivity contribution < 1.29 is 29.3 Å². The molecule has 102 valence electrons. The van der Waals surface area contributed by atoms with E-state index in [1.807, 2.05) is 0 Å². The van der Waals surface area contributed by atoms with E-state index in [1.54, 1.807) is 0 Å². The number of aromatic hydroxyl groups is 1. The van der Waals surface area contributed by atoms with Gasteiger partial charge < -0.3 is 19.7 Å². The topological polar surface area (TPSA) is 105 Å². The molecule has 19 heavy (non-hydrogen) atoms. The number of carboxylic acid groups (broad SMARTS) is 1. The molecule has 0 aliphatic carbocycles. The van der Waals surface area contributed by atoms with E-state index in [0.29, 0.717) is 0 Å². The molecule has 0 bridgehead atoms. The summed E-state index contributed by atoms with van der Waals surface area (Å²) < 4.78 is 9.47. The van der Waals surface area contributed by atoms with Crippen molar-refractivity contribution in [1.82, 2.24) is 0 Å². The number of phenols is 1. The summed E-state index contributed by atoms with van der Waals surface area (Å²) in [5.74, 6) is -1.68. The average molecular weight is 267 g/mol. The van der Waals surface area contributed by atoms with Crippen LogP contribution in [0, 0.1) is 0 Å². The minimum Gasteiger partial charge on any atom is -0.503 e. The zero-order valence-electron chi connectivity index (χ0n) is 10.2. The molecule has 1 rings (SSSR count). The SMILES string of the molecule is C=CCOC(=O)Nc1cc(C(=O)O)cc(OC)c1O. The summed E-state index contributed by atoms with van der Waals surface area (Å²) in [4.78, 5) is 22.2. The number of benzene rings is 1. The first kappa shape index (κ1) is 14.4.